The molecule has 1 unspecified atom stereocenters. The van der Waals surface area contributed by atoms with E-state index < -0.39 is 0 Å². The molecule has 1 saturated heterocycles. The van der Waals surface area contributed by atoms with Crippen LogP contribution in [0, 0.1) is 0 Å². The summed E-state index contributed by atoms with van der Waals surface area (Å²) in [7, 11) is 1.97. The third-order valence-corrected chi connectivity index (χ3v) is 2.33. The molecule has 0 spiro atoms. The summed E-state index contributed by atoms with van der Waals surface area (Å²) in [5.41, 5.74) is 1.25. The van der Waals surface area contributed by atoms with Gasteiger partial charge in [-0.25, -0.2) is 0 Å². The average molecular weight is 169 g/mol. The third kappa shape index (κ3) is 2.95. The van der Waals surface area contributed by atoms with Crippen LogP contribution in [0.3, 0.4) is 0 Å². The zero-order valence-electron chi connectivity index (χ0n) is 7.94. The fourth-order valence-electron chi connectivity index (χ4n) is 1.51. The second kappa shape index (κ2) is 5.33. The number of hydrogen-bond acceptors (Lipinski definition) is 2. The molecular formula is C10H19NO. The van der Waals surface area contributed by atoms with Crippen molar-refractivity contribution in [3.05, 3.63) is 12.2 Å². The summed E-state index contributed by atoms with van der Waals surface area (Å²) in [6.45, 7) is 5.98. The van der Waals surface area contributed by atoms with Gasteiger partial charge in [0.05, 0.1) is 6.10 Å². The second-order valence-electron chi connectivity index (χ2n) is 3.37. The minimum Gasteiger partial charge on any atom is -0.374 e. The largest absolute Gasteiger partial charge is 0.374 e. The molecule has 0 aromatic carbocycles. The minimum absolute atomic E-state index is 0.340. The highest BCUT2D eigenvalue weighted by molar-refractivity contribution is 5.03. The summed E-state index contributed by atoms with van der Waals surface area (Å²) >= 11 is 0. The van der Waals surface area contributed by atoms with Crippen LogP contribution in [-0.4, -0.2) is 26.3 Å². The zero-order chi connectivity index (χ0) is 8.81. The van der Waals surface area contributed by atoms with Crippen LogP contribution < -0.4 is 5.32 Å². The topological polar surface area (TPSA) is 21.3 Å². The molecule has 0 aliphatic carbocycles. The van der Waals surface area contributed by atoms with Gasteiger partial charge in [-0.15, -0.1) is 0 Å². The van der Waals surface area contributed by atoms with E-state index in [4.69, 9.17) is 4.74 Å². The molecular weight excluding hydrogens is 150 g/mol. The lowest BCUT2D eigenvalue weighted by Crippen LogP contribution is -2.22. The van der Waals surface area contributed by atoms with Crippen molar-refractivity contribution in [1.82, 2.24) is 5.32 Å². The highest BCUT2D eigenvalue weighted by atomic mass is 16.5. The van der Waals surface area contributed by atoms with Gasteiger partial charge in [-0.2, -0.15) is 0 Å². The molecule has 0 saturated carbocycles. The second-order valence-corrected chi connectivity index (χ2v) is 3.37. The Bertz CT molecular complexity index is 139. The first kappa shape index (κ1) is 9.75. The van der Waals surface area contributed by atoms with Crippen molar-refractivity contribution in [3.8, 4) is 0 Å². The fraction of sp³-hybridized carbons (Fsp3) is 0.800. The van der Waals surface area contributed by atoms with Gasteiger partial charge in [-0.05, 0) is 44.8 Å². The summed E-state index contributed by atoms with van der Waals surface area (Å²) in [5, 5.41) is 3.12. The van der Waals surface area contributed by atoms with Crippen molar-refractivity contribution in [2.45, 2.75) is 31.8 Å². The highest BCUT2D eigenvalue weighted by Crippen LogP contribution is 2.20. The molecule has 1 aliphatic rings. The van der Waals surface area contributed by atoms with Gasteiger partial charge in [0.1, 0.15) is 0 Å². The summed E-state index contributed by atoms with van der Waals surface area (Å²) < 4.78 is 5.61. The third-order valence-electron chi connectivity index (χ3n) is 2.33. The molecule has 0 radical (unpaired) electrons. The number of rotatable bonds is 4. The molecule has 0 aromatic heterocycles. The van der Waals surface area contributed by atoms with Gasteiger partial charge in [0.25, 0.3) is 0 Å². The van der Waals surface area contributed by atoms with Crippen LogP contribution in [0.2, 0.25) is 0 Å². The van der Waals surface area contributed by atoms with Crippen LogP contribution in [0.15, 0.2) is 12.2 Å². The van der Waals surface area contributed by atoms with E-state index >= 15 is 0 Å². The lowest BCUT2D eigenvalue weighted by molar-refractivity contribution is 0.0377. The quantitative estimate of drug-likeness (QED) is 0.647. The van der Waals surface area contributed by atoms with Crippen LogP contribution in [0.4, 0.5) is 0 Å². The predicted octanol–water partition coefficient (Wildman–Crippen LogP) is 1.72. The van der Waals surface area contributed by atoms with E-state index in [2.05, 4.69) is 11.9 Å². The minimum atomic E-state index is 0.340. The molecule has 70 valence electrons. The van der Waals surface area contributed by atoms with Crippen LogP contribution in [-0.2, 0) is 4.74 Å². The van der Waals surface area contributed by atoms with Gasteiger partial charge in [-0.1, -0.05) is 6.58 Å². The number of ether oxygens (including phenoxy) is 1. The van der Waals surface area contributed by atoms with Gasteiger partial charge >= 0.3 is 0 Å². The standard InChI is InChI=1S/C10H19NO/c1-9(6-7-11-2)10-5-3-4-8-12-10/h10-11H,1,3-8H2,2H3. The molecule has 1 rings (SSSR count). The Morgan fingerprint density at radius 3 is 3.00 bits per heavy atom. The first-order chi connectivity index (χ1) is 5.84. The Labute approximate surface area is 75.0 Å². The van der Waals surface area contributed by atoms with Crippen molar-refractivity contribution < 1.29 is 4.74 Å². The molecule has 12 heavy (non-hydrogen) atoms. The van der Waals surface area contributed by atoms with Crippen molar-refractivity contribution in [2.24, 2.45) is 0 Å². The Morgan fingerprint density at radius 2 is 2.42 bits per heavy atom. The van der Waals surface area contributed by atoms with Crippen molar-refractivity contribution in [1.29, 1.82) is 0 Å². The van der Waals surface area contributed by atoms with Gasteiger partial charge in [0, 0.05) is 6.61 Å². The van der Waals surface area contributed by atoms with Crippen molar-refractivity contribution >= 4 is 0 Å². The maximum absolute atomic E-state index is 5.61. The summed E-state index contributed by atoms with van der Waals surface area (Å²) in [5.74, 6) is 0. The van der Waals surface area contributed by atoms with Gasteiger partial charge in [0.15, 0.2) is 0 Å². The van der Waals surface area contributed by atoms with Crippen molar-refractivity contribution in [2.75, 3.05) is 20.2 Å². The summed E-state index contributed by atoms with van der Waals surface area (Å²) in [4.78, 5) is 0. The van der Waals surface area contributed by atoms with Crippen LogP contribution in [0.25, 0.3) is 0 Å². The van der Waals surface area contributed by atoms with Crippen molar-refractivity contribution in [3.63, 3.8) is 0 Å². The summed E-state index contributed by atoms with van der Waals surface area (Å²) in [6.07, 6.45) is 5.06. The molecule has 0 bridgehead atoms. The maximum Gasteiger partial charge on any atom is 0.0782 e. The molecule has 1 atom stereocenters. The SMILES string of the molecule is C=C(CCNC)C1CCCCO1. The Hall–Kier alpha value is -0.340. The Balaban J connectivity index is 2.20. The number of hydrogen-bond donors (Lipinski definition) is 1. The Kier molecular flexibility index (Phi) is 4.33. The lowest BCUT2D eigenvalue weighted by atomic mass is 10.0. The molecule has 2 heteroatoms. The van der Waals surface area contributed by atoms with Crippen LogP contribution in [0.1, 0.15) is 25.7 Å². The first-order valence-corrected chi connectivity index (χ1v) is 4.78. The fourth-order valence-corrected chi connectivity index (χ4v) is 1.51. The smallest absolute Gasteiger partial charge is 0.0782 e. The number of nitrogens with one attached hydrogen (secondary N) is 1. The van der Waals surface area contributed by atoms with Crippen LogP contribution >= 0.6 is 0 Å². The molecule has 1 N–H and O–H groups in total. The predicted molar refractivity (Wildman–Crippen MR) is 51.3 cm³/mol. The Morgan fingerprint density at radius 1 is 1.58 bits per heavy atom. The lowest BCUT2D eigenvalue weighted by Gasteiger charge is -2.24. The first-order valence-electron chi connectivity index (χ1n) is 4.78. The average Bonchev–Trinajstić information content (AvgIpc) is 2.15. The maximum atomic E-state index is 5.61. The van der Waals surface area contributed by atoms with Gasteiger partial charge in [-0.3, -0.25) is 0 Å². The van der Waals surface area contributed by atoms with E-state index in [0.717, 1.165) is 19.6 Å². The molecule has 1 fully saturated rings. The molecule has 0 aromatic rings. The van der Waals surface area contributed by atoms with Gasteiger partial charge < -0.3 is 10.1 Å². The van der Waals surface area contributed by atoms with E-state index in [1.165, 1.54) is 24.8 Å². The van der Waals surface area contributed by atoms with Gasteiger partial charge in [0.2, 0.25) is 0 Å². The van der Waals surface area contributed by atoms with E-state index in [0.29, 0.717) is 6.10 Å². The molecule has 1 heterocycles. The normalized spacial score (nSPS) is 23.9. The monoisotopic (exact) mass is 169 g/mol. The van der Waals surface area contributed by atoms with E-state index in [9.17, 15) is 0 Å². The molecule has 2 nitrogen and oxygen atoms in total. The zero-order valence-corrected chi connectivity index (χ0v) is 7.94. The summed E-state index contributed by atoms with van der Waals surface area (Å²) in [6, 6.07) is 0. The highest BCUT2D eigenvalue weighted by Gasteiger charge is 2.15. The van der Waals surface area contributed by atoms with E-state index in [-0.39, 0.29) is 0 Å². The molecule has 1 aliphatic heterocycles. The van der Waals surface area contributed by atoms with Crippen LogP contribution in [0.5, 0.6) is 0 Å². The van der Waals surface area contributed by atoms with E-state index in [1.807, 2.05) is 7.05 Å². The molecule has 0 amide bonds. The van der Waals surface area contributed by atoms with E-state index in [1.54, 1.807) is 0 Å².